The third-order valence-electron chi connectivity index (χ3n) is 3.55. The number of ketones is 1. The van der Waals surface area contributed by atoms with E-state index in [1.165, 1.54) is 5.56 Å². The highest BCUT2D eigenvalue weighted by Crippen LogP contribution is 2.29. The average molecular weight is 240 g/mol. The third-order valence-corrected chi connectivity index (χ3v) is 3.55. The molecule has 0 spiro atoms. The fourth-order valence-corrected chi connectivity index (χ4v) is 2.55. The van der Waals surface area contributed by atoms with Gasteiger partial charge in [-0.15, -0.1) is 0 Å². The van der Waals surface area contributed by atoms with Crippen LogP contribution in [0, 0.1) is 0 Å². The third kappa shape index (κ3) is 1.67. The molecule has 1 aliphatic rings. The SMILES string of the molecule is CC(C)n1cncc1-c1ccc2c(c1)CCC2=O. The summed E-state index contributed by atoms with van der Waals surface area (Å²) in [7, 11) is 0. The van der Waals surface area contributed by atoms with Crippen molar-refractivity contribution >= 4 is 5.78 Å². The molecule has 0 bridgehead atoms. The van der Waals surface area contributed by atoms with Crippen LogP contribution in [0.3, 0.4) is 0 Å². The van der Waals surface area contributed by atoms with Crippen molar-refractivity contribution < 1.29 is 4.79 Å². The van der Waals surface area contributed by atoms with Crippen LogP contribution < -0.4 is 0 Å². The molecule has 1 aromatic heterocycles. The summed E-state index contributed by atoms with van der Waals surface area (Å²) < 4.78 is 2.15. The zero-order valence-corrected chi connectivity index (χ0v) is 10.7. The van der Waals surface area contributed by atoms with Crippen LogP contribution in [-0.4, -0.2) is 15.3 Å². The van der Waals surface area contributed by atoms with Gasteiger partial charge in [0.25, 0.3) is 0 Å². The number of benzene rings is 1. The Bertz CT molecular complexity index is 611. The van der Waals surface area contributed by atoms with Crippen LogP contribution in [0.1, 0.15) is 42.2 Å². The maximum Gasteiger partial charge on any atom is 0.163 e. The molecular weight excluding hydrogens is 224 g/mol. The maximum absolute atomic E-state index is 11.6. The molecule has 3 nitrogen and oxygen atoms in total. The largest absolute Gasteiger partial charge is 0.328 e. The lowest BCUT2D eigenvalue weighted by Crippen LogP contribution is -2.01. The van der Waals surface area contributed by atoms with E-state index in [2.05, 4.69) is 29.5 Å². The van der Waals surface area contributed by atoms with E-state index in [1.54, 1.807) is 0 Å². The highest BCUT2D eigenvalue weighted by atomic mass is 16.1. The van der Waals surface area contributed by atoms with E-state index in [0.717, 1.165) is 23.2 Å². The van der Waals surface area contributed by atoms with Crippen molar-refractivity contribution in [2.75, 3.05) is 0 Å². The number of hydrogen-bond donors (Lipinski definition) is 0. The molecule has 0 aliphatic heterocycles. The Labute approximate surface area is 106 Å². The summed E-state index contributed by atoms with van der Waals surface area (Å²) >= 11 is 0. The number of aromatic nitrogens is 2. The van der Waals surface area contributed by atoms with Gasteiger partial charge >= 0.3 is 0 Å². The molecule has 92 valence electrons. The molecule has 2 aromatic rings. The van der Waals surface area contributed by atoms with Gasteiger partial charge in [0.1, 0.15) is 0 Å². The van der Waals surface area contributed by atoms with E-state index >= 15 is 0 Å². The second kappa shape index (κ2) is 4.09. The second-order valence-corrected chi connectivity index (χ2v) is 5.08. The van der Waals surface area contributed by atoms with Gasteiger partial charge in [0.15, 0.2) is 5.78 Å². The molecule has 0 radical (unpaired) electrons. The Hall–Kier alpha value is -1.90. The van der Waals surface area contributed by atoms with Gasteiger partial charge in [0.2, 0.25) is 0 Å². The molecule has 18 heavy (non-hydrogen) atoms. The summed E-state index contributed by atoms with van der Waals surface area (Å²) in [5, 5.41) is 0. The summed E-state index contributed by atoms with van der Waals surface area (Å²) in [6.45, 7) is 4.28. The summed E-state index contributed by atoms with van der Waals surface area (Å²) in [6, 6.07) is 6.50. The van der Waals surface area contributed by atoms with E-state index < -0.39 is 0 Å². The van der Waals surface area contributed by atoms with E-state index in [-0.39, 0.29) is 5.78 Å². The molecule has 0 amide bonds. The molecule has 0 saturated heterocycles. The Morgan fingerprint density at radius 3 is 2.89 bits per heavy atom. The number of hydrogen-bond acceptors (Lipinski definition) is 2. The first kappa shape index (κ1) is 11.2. The molecule has 0 saturated carbocycles. The predicted octanol–water partition coefficient (Wildman–Crippen LogP) is 3.26. The lowest BCUT2D eigenvalue weighted by atomic mass is 10.0. The van der Waals surface area contributed by atoms with Crippen LogP contribution in [0.25, 0.3) is 11.3 Å². The number of rotatable bonds is 2. The van der Waals surface area contributed by atoms with Gasteiger partial charge in [0, 0.05) is 23.6 Å². The molecule has 0 fully saturated rings. The van der Waals surface area contributed by atoms with Crippen molar-refractivity contribution in [2.24, 2.45) is 0 Å². The summed E-state index contributed by atoms with van der Waals surface area (Å²) in [4.78, 5) is 15.8. The molecule has 1 heterocycles. The van der Waals surface area contributed by atoms with Gasteiger partial charge in [0.05, 0.1) is 18.2 Å². The van der Waals surface area contributed by atoms with E-state index in [4.69, 9.17) is 0 Å². The van der Waals surface area contributed by atoms with Gasteiger partial charge in [-0.3, -0.25) is 4.79 Å². The highest BCUT2D eigenvalue weighted by molar-refractivity contribution is 6.00. The Morgan fingerprint density at radius 2 is 2.11 bits per heavy atom. The highest BCUT2D eigenvalue weighted by Gasteiger charge is 2.20. The van der Waals surface area contributed by atoms with E-state index in [0.29, 0.717) is 12.5 Å². The van der Waals surface area contributed by atoms with Crippen molar-refractivity contribution in [2.45, 2.75) is 32.7 Å². The Kier molecular flexibility index (Phi) is 2.54. The first-order chi connectivity index (χ1) is 8.66. The van der Waals surface area contributed by atoms with Gasteiger partial charge in [-0.1, -0.05) is 12.1 Å². The summed E-state index contributed by atoms with van der Waals surface area (Å²) in [5.74, 6) is 0.272. The van der Waals surface area contributed by atoms with Crippen molar-refractivity contribution in [1.29, 1.82) is 0 Å². The standard InChI is InChI=1S/C15H16N2O/c1-10(2)17-9-16-8-14(17)12-3-5-13-11(7-12)4-6-15(13)18/h3,5,7-10H,4,6H2,1-2H3. The molecule has 1 aromatic carbocycles. The summed E-state index contributed by atoms with van der Waals surface area (Å²) in [6.07, 6.45) is 5.27. The first-order valence-electron chi connectivity index (χ1n) is 6.35. The van der Waals surface area contributed by atoms with Crippen LogP contribution in [0.15, 0.2) is 30.7 Å². The van der Waals surface area contributed by atoms with Crippen molar-refractivity contribution in [3.05, 3.63) is 41.9 Å². The van der Waals surface area contributed by atoms with Crippen LogP contribution >= 0.6 is 0 Å². The molecule has 3 rings (SSSR count). The van der Waals surface area contributed by atoms with Gasteiger partial charge in [-0.25, -0.2) is 4.98 Å². The average Bonchev–Trinajstić information content (AvgIpc) is 2.96. The number of nitrogens with zero attached hydrogens (tertiary/aromatic N) is 2. The number of carbonyl (C=O) groups excluding carboxylic acids is 1. The van der Waals surface area contributed by atoms with Crippen LogP contribution in [0.2, 0.25) is 0 Å². The fourth-order valence-electron chi connectivity index (χ4n) is 2.55. The number of Topliss-reactive ketones (excluding diaryl/α,β-unsaturated/α-hetero) is 1. The molecule has 0 N–H and O–H groups in total. The number of imidazole rings is 1. The van der Waals surface area contributed by atoms with Gasteiger partial charge in [-0.2, -0.15) is 0 Å². The topological polar surface area (TPSA) is 34.9 Å². The minimum absolute atomic E-state index is 0.272. The zero-order chi connectivity index (χ0) is 12.7. The lowest BCUT2D eigenvalue weighted by molar-refractivity contribution is 0.0994. The zero-order valence-electron chi connectivity index (χ0n) is 10.7. The number of fused-ring (bicyclic) bond motifs is 1. The number of aryl methyl sites for hydroxylation is 1. The van der Waals surface area contributed by atoms with Crippen LogP contribution in [-0.2, 0) is 6.42 Å². The maximum atomic E-state index is 11.6. The normalized spacial score (nSPS) is 14.3. The molecule has 1 aliphatic carbocycles. The second-order valence-electron chi connectivity index (χ2n) is 5.08. The van der Waals surface area contributed by atoms with E-state index in [9.17, 15) is 4.79 Å². The monoisotopic (exact) mass is 240 g/mol. The summed E-state index contributed by atoms with van der Waals surface area (Å²) in [5.41, 5.74) is 4.34. The minimum atomic E-state index is 0.272. The van der Waals surface area contributed by atoms with Crippen LogP contribution in [0.4, 0.5) is 0 Å². The van der Waals surface area contributed by atoms with E-state index in [1.807, 2.05) is 24.7 Å². The predicted molar refractivity (Wildman–Crippen MR) is 70.7 cm³/mol. The van der Waals surface area contributed by atoms with Crippen molar-refractivity contribution in [3.63, 3.8) is 0 Å². The first-order valence-corrected chi connectivity index (χ1v) is 6.35. The van der Waals surface area contributed by atoms with Crippen molar-refractivity contribution in [1.82, 2.24) is 9.55 Å². The van der Waals surface area contributed by atoms with Crippen LogP contribution in [0.5, 0.6) is 0 Å². The Balaban J connectivity index is 2.08. The van der Waals surface area contributed by atoms with Crippen molar-refractivity contribution in [3.8, 4) is 11.3 Å². The smallest absolute Gasteiger partial charge is 0.163 e. The quantitative estimate of drug-likeness (QED) is 0.807. The molecular formula is C15H16N2O. The Morgan fingerprint density at radius 1 is 1.28 bits per heavy atom. The van der Waals surface area contributed by atoms with Gasteiger partial charge in [-0.05, 0) is 31.9 Å². The molecule has 0 unspecified atom stereocenters. The molecule has 0 atom stereocenters. The lowest BCUT2D eigenvalue weighted by Gasteiger charge is -2.12. The fraction of sp³-hybridized carbons (Fsp3) is 0.333. The van der Waals surface area contributed by atoms with Gasteiger partial charge < -0.3 is 4.57 Å². The number of carbonyl (C=O) groups is 1. The molecule has 3 heteroatoms. The minimum Gasteiger partial charge on any atom is -0.328 e.